The van der Waals surface area contributed by atoms with E-state index < -0.39 is 5.97 Å². The van der Waals surface area contributed by atoms with E-state index in [4.69, 9.17) is 4.74 Å². The molecule has 0 atom stereocenters. The van der Waals surface area contributed by atoms with Crippen molar-refractivity contribution >= 4 is 17.4 Å². The molecule has 1 aromatic heterocycles. The number of hydrogen-bond donors (Lipinski definition) is 1. The first-order valence-electron chi connectivity index (χ1n) is 9.08. The number of H-pyrrole nitrogens is 1. The van der Waals surface area contributed by atoms with Crippen molar-refractivity contribution < 1.29 is 9.53 Å². The van der Waals surface area contributed by atoms with Crippen LogP contribution in [0.2, 0.25) is 0 Å². The molecule has 1 N–H and O–H groups in total. The van der Waals surface area contributed by atoms with Crippen LogP contribution in [0.4, 0.5) is 5.69 Å². The molecule has 0 bridgehead atoms. The van der Waals surface area contributed by atoms with Crippen molar-refractivity contribution in [1.82, 2.24) is 9.78 Å². The van der Waals surface area contributed by atoms with Crippen LogP contribution in [0.5, 0.6) is 0 Å². The molecule has 0 fully saturated rings. The van der Waals surface area contributed by atoms with Gasteiger partial charge in [0.25, 0.3) is 5.56 Å². The molecule has 0 saturated carbocycles. The molecular weight excluding hydrogens is 356 g/mol. The average Bonchev–Trinajstić information content (AvgIpc) is 3.05. The molecule has 4 rings (SSSR count). The Kier molecular flexibility index (Phi) is 4.57. The maximum absolute atomic E-state index is 13.1. The Morgan fingerprint density at radius 2 is 1.82 bits per heavy atom. The summed E-state index contributed by atoms with van der Waals surface area (Å²) in [6.45, 7) is 4.21. The number of carbonyl (C=O) groups is 1. The number of fused-ring (bicyclic) bond motifs is 1. The molecule has 7 heteroatoms. The number of aryl methyl sites for hydroxylation is 1. The van der Waals surface area contributed by atoms with E-state index in [1.54, 1.807) is 11.9 Å². The molecule has 2 heterocycles. The van der Waals surface area contributed by atoms with Gasteiger partial charge in [-0.25, -0.2) is 9.48 Å². The lowest BCUT2D eigenvalue weighted by Gasteiger charge is -2.24. The maximum atomic E-state index is 13.1. The van der Waals surface area contributed by atoms with Gasteiger partial charge in [-0.1, -0.05) is 35.9 Å². The number of hydrazone groups is 1. The van der Waals surface area contributed by atoms with Gasteiger partial charge in [0.05, 0.1) is 30.1 Å². The standard InChI is InChI=1S/C21H20N4O3/c1-3-28-21(27)19-18-17(13-24(22-19)15-11-9-14(2)10-12-15)20(26)25(23-18)16-7-5-4-6-8-16/h4-12,23H,3,13H2,1-2H3. The third-order valence-electron chi connectivity index (χ3n) is 4.57. The van der Waals surface area contributed by atoms with E-state index in [0.717, 1.165) is 11.3 Å². The van der Waals surface area contributed by atoms with Crippen LogP contribution in [0.1, 0.15) is 23.7 Å². The van der Waals surface area contributed by atoms with Gasteiger partial charge >= 0.3 is 5.97 Å². The topological polar surface area (TPSA) is 79.7 Å². The Labute approximate surface area is 161 Å². The summed E-state index contributed by atoms with van der Waals surface area (Å²) < 4.78 is 6.60. The number of nitrogens with one attached hydrogen (secondary N) is 1. The van der Waals surface area contributed by atoms with Crippen LogP contribution in [0.3, 0.4) is 0 Å². The summed E-state index contributed by atoms with van der Waals surface area (Å²) in [5.41, 5.74) is 3.35. The van der Waals surface area contributed by atoms with Crippen molar-refractivity contribution in [3.05, 3.63) is 81.8 Å². The van der Waals surface area contributed by atoms with Gasteiger partial charge in [-0.15, -0.1) is 0 Å². The monoisotopic (exact) mass is 376 g/mol. The Bertz CT molecular complexity index is 1090. The van der Waals surface area contributed by atoms with Crippen LogP contribution in [0.25, 0.3) is 5.69 Å². The minimum Gasteiger partial charge on any atom is -0.461 e. The zero-order valence-corrected chi connectivity index (χ0v) is 15.7. The first-order valence-corrected chi connectivity index (χ1v) is 9.08. The number of esters is 1. The Morgan fingerprint density at radius 1 is 1.11 bits per heavy atom. The van der Waals surface area contributed by atoms with Crippen LogP contribution in [-0.4, -0.2) is 28.1 Å². The summed E-state index contributed by atoms with van der Waals surface area (Å²) in [6, 6.07) is 17.0. The number of nitrogens with zero attached hydrogens (tertiary/aromatic N) is 3. The third-order valence-corrected chi connectivity index (χ3v) is 4.57. The zero-order chi connectivity index (χ0) is 19.7. The molecule has 0 amide bonds. The van der Waals surface area contributed by atoms with Crippen molar-refractivity contribution in [2.45, 2.75) is 20.4 Å². The van der Waals surface area contributed by atoms with Crippen molar-refractivity contribution in [1.29, 1.82) is 0 Å². The van der Waals surface area contributed by atoms with Gasteiger partial charge in [-0.05, 0) is 38.1 Å². The van der Waals surface area contributed by atoms with Crippen molar-refractivity contribution in [3.63, 3.8) is 0 Å². The summed E-state index contributed by atoms with van der Waals surface area (Å²) in [5.74, 6) is -0.568. The smallest absolute Gasteiger partial charge is 0.361 e. The molecule has 7 nitrogen and oxygen atoms in total. The lowest BCUT2D eigenvalue weighted by molar-refractivity contribution is -0.135. The van der Waals surface area contributed by atoms with Gasteiger partial charge in [0.15, 0.2) is 5.71 Å². The van der Waals surface area contributed by atoms with Gasteiger partial charge in [0, 0.05) is 0 Å². The molecule has 1 aliphatic heterocycles. The molecular formula is C21H20N4O3. The minimum absolute atomic E-state index is 0.0930. The summed E-state index contributed by atoms with van der Waals surface area (Å²) >= 11 is 0. The van der Waals surface area contributed by atoms with Crippen molar-refractivity contribution in [2.75, 3.05) is 11.6 Å². The normalized spacial score (nSPS) is 13.1. The van der Waals surface area contributed by atoms with E-state index in [1.807, 2.05) is 61.5 Å². The second-order valence-electron chi connectivity index (χ2n) is 6.50. The predicted octanol–water partition coefficient (Wildman–Crippen LogP) is 2.76. The highest BCUT2D eigenvalue weighted by Crippen LogP contribution is 2.24. The fourth-order valence-corrected chi connectivity index (χ4v) is 3.14. The van der Waals surface area contributed by atoms with Gasteiger partial charge in [0.1, 0.15) is 5.69 Å². The number of para-hydroxylation sites is 1. The number of aromatic nitrogens is 2. The van der Waals surface area contributed by atoms with E-state index in [-0.39, 0.29) is 24.4 Å². The summed E-state index contributed by atoms with van der Waals surface area (Å²) in [4.78, 5) is 25.6. The molecule has 142 valence electrons. The highest BCUT2D eigenvalue weighted by molar-refractivity contribution is 6.43. The SMILES string of the molecule is CCOC(=O)C1=NN(c2ccc(C)cc2)Cc2c1[nH]n(-c1ccccc1)c2=O. The first kappa shape index (κ1) is 17.8. The number of hydrogen-bond acceptors (Lipinski definition) is 5. The minimum atomic E-state index is -0.568. The van der Waals surface area contributed by atoms with Crippen LogP contribution in [-0.2, 0) is 16.1 Å². The van der Waals surface area contributed by atoms with Gasteiger partial charge < -0.3 is 4.74 Å². The number of ether oxygens (including phenoxy) is 1. The lowest BCUT2D eigenvalue weighted by atomic mass is 10.1. The van der Waals surface area contributed by atoms with Gasteiger partial charge in [0.2, 0.25) is 0 Å². The molecule has 0 spiro atoms. The molecule has 1 aliphatic rings. The molecule has 28 heavy (non-hydrogen) atoms. The van der Waals surface area contributed by atoms with E-state index in [2.05, 4.69) is 10.2 Å². The van der Waals surface area contributed by atoms with Crippen molar-refractivity contribution in [3.8, 4) is 5.69 Å². The largest absolute Gasteiger partial charge is 0.461 e. The van der Waals surface area contributed by atoms with E-state index >= 15 is 0 Å². The Hall–Kier alpha value is -3.61. The van der Waals surface area contributed by atoms with Gasteiger partial charge in [-0.2, -0.15) is 5.10 Å². The molecule has 0 unspecified atom stereocenters. The number of anilines is 1. The molecule has 0 radical (unpaired) electrons. The third kappa shape index (κ3) is 3.11. The number of rotatable bonds is 4. The zero-order valence-electron chi connectivity index (χ0n) is 15.7. The molecule has 3 aromatic rings. The van der Waals surface area contributed by atoms with E-state index in [0.29, 0.717) is 16.9 Å². The molecule has 0 aliphatic carbocycles. The van der Waals surface area contributed by atoms with Crippen LogP contribution in [0.15, 0.2) is 64.5 Å². The second kappa shape index (κ2) is 7.19. The quantitative estimate of drug-likeness (QED) is 0.710. The summed E-state index contributed by atoms with van der Waals surface area (Å²) in [7, 11) is 0. The van der Waals surface area contributed by atoms with Crippen LogP contribution < -0.4 is 10.6 Å². The summed E-state index contributed by atoms with van der Waals surface area (Å²) in [5, 5.41) is 9.17. The predicted molar refractivity (Wildman–Crippen MR) is 107 cm³/mol. The Morgan fingerprint density at radius 3 is 2.50 bits per heavy atom. The molecule has 0 saturated heterocycles. The fourth-order valence-electron chi connectivity index (χ4n) is 3.14. The first-order chi connectivity index (χ1) is 13.6. The number of aromatic amines is 1. The van der Waals surface area contributed by atoms with Crippen LogP contribution >= 0.6 is 0 Å². The average molecular weight is 376 g/mol. The number of benzene rings is 2. The number of carbonyl (C=O) groups excluding carboxylic acids is 1. The lowest BCUT2D eigenvalue weighted by Crippen LogP contribution is -2.33. The highest BCUT2D eigenvalue weighted by Gasteiger charge is 2.31. The van der Waals surface area contributed by atoms with Gasteiger partial charge in [-0.3, -0.25) is 14.9 Å². The van der Waals surface area contributed by atoms with Crippen LogP contribution in [0, 0.1) is 6.92 Å². The Balaban J connectivity index is 1.84. The van der Waals surface area contributed by atoms with Crippen molar-refractivity contribution in [2.24, 2.45) is 5.10 Å². The van der Waals surface area contributed by atoms with E-state index in [9.17, 15) is 9.59 Å². The summed E-state index contributed by atoms with van der Waals surface area (Å²) in [6.07, 6.45) is 0. The second-order valence-corrected chi connectivity index (χ2v) is 6.50. The fraction of sp³-hybridized carbons (Fsp3) is 0.190. The van der Waals surface area contributed by atoms with E-state index in [1.165, 1.54) is 4.68 Å². The maximum Gasteiger partial charge on any atom is 0.361 e. The molecule has 2 aromatic carbocycles. The highest BCUT2D eigenvalue weighted by atomic mass is 16.5.